The van der Waals surface area contributed by atoms with Crippen molar-refractivity contribution in [2.75, 3.05) is 7.11 Å². The molecule has 0 aliphatic carbocycles. The van der Waals surface area contributed by atoms with Gasteiger partial charge in [0.15, 0.2) is 11.5 Å². The van der Waals surface area contributed by atoms with E-state index in [1.165, 1.54) is 7.11 Å². The molecule has 0 bridgehead atoms. The molecule has 0 fully saturated rings. The summed E-state index contributed by atoms with van der Waals surface area (Å²) in [6, 6.07) is 14.7. The highest BCUT2D eigenvalue weighted by molar-refractivity contribution is 9.10. The van der Waals surface area contributed by atoms with Crippen LogP contribution in [0.15, 0.2) is 59.1 Å². The first-order chi connectivity index (χ1) is 11.1. The summed E-state index contributed by atoms with van der Waals surface area (Å²) >= 11 is 3.47. The average Bonchev–Trinajstić information content (AvgIpc) is 2.59. The van der Waals surface area contributed by atoms with Crippen LogP contribution in [0.1, 0.15) is 17.2 Å². The SMILES string of the molecule is C=C(C#N)C(O)c1cccc(OC)c1OCc1ccccc1Br. The molecule has 2 rings (SSSR count). The summed E-state index contributed by atoms with van der Waals surface area (Å²) < 4.78 is 12.1. The minimum Gasteiger partial charge on any atom is -0.493 e. The summed E-state index contributed by atoms with van der Waals surface area (Å²) in [6.45, 7) is 3.86. The van der Waals surface area contributed by atoms with Gasteiger partial charge < -0.3 is 14.6 Å². The molecule has 0 aliphatic heterocycles. The van der Waals surface area contributed by atoms with E-state index in [0.29, 0.717) is 23.7 Å². The highest BCUT2D eigenvalue weighted by atomic mass is 79.9. The first-order valence-electron chi connectivity index (χ1n) is 6.88. The van der Waals surface area contributed by atoms with Gasteiger partial charge in [0.05, 0.1) is 18.8 Å². The van der Waals surface area contributed by atoms with Gasteiger partial charge in [-0.15, -0.1) is 0 Å². The van der Waals surface area contributed by atoms with Crippen LogP contribution in [0.2, 0.25) is 0 Å². The van der Waals surface area contributed by atoms with Gasteiger partial charge >= 0.3 is 0 Å². The lowest BCUT2D eigenvalue weighted by atomic mass is 10.0. The summed E-state index contributed by atoms with van der Waals surface area (Å²) in [7, 11) is 1.52. The van der Waals surface area contributed by atoms with Crippen molar-refractivity contribution in [3.63, 3.8) is 0 Å². The fraction of sp³-hybridized carbons (Fsp3) is 0.167. The number of hydrogen-bond donors (Lipinski definition) is 1. The summed E-state index contributed by atoms with van der Waals surface area (Å²) in [5, 5.41) is 19.2. The van der Waals surface area contributed by atoms with Crippen LogP contribution in [0.3, 0.4) is 0 Å². The van der Waals surface area contributed by atoms with Crippen LogP contribution >= 0.6 is 15.9 Å². The molecule has 0 amide bonds. The maximum Gasteiger partial charge on any atom is 0.167 e. The standard InChI is InChI=1S/C18H16BrNO3/c1-12(10-20)17(21)14-7-5-9-16(22-2)18(14)23-11-13-6-3-4-8-15(13)19/h3-9,17,21H,1,11H2,2H3. The van der Waals surface area contributed by atoms with Crippen LogP contribution in [-0.4, -0.2) is 12.2 Å². The number of benzene rings is 2. The van der Waals surface area contributed by atoms with Gasteiger partial charge in [-0.3, -0.25) is 0 Å². The van der Waals surface area contributed by atoms with E-state index in [1.54, 1.807) is 18.2 Å². The van der Waals surface area contributed by atoms with Gasteiger partial charge in [-0.25, -0.2) is 0 Å². The Kier molecular flexibility index (Phi) is 5.80. The third-order valence-corrected chi connectivity index (χ3v) is 4.10. The van der Waals surface area contributed by atoms with E-state index in [2.05, 4.69) is 22.5 Å². The van der Waals surface area contributed by atoms with E-state index >= 15 is 0 Å². The third kappa shape index (κ3) is 3.92. The molecule has 1 unspecified atom stereocenters. The minimum atomic E-state index is -1.13. The van der Waals surface area contributed by atoms with Crippen LogP contribution in [0.25, 0.3) is 0 Å². The topological polar surface area (TPSA) is 62.5 Å². The molecule has 0 heterocycles. The van der Waals surface area contributed by atoms with Crippen molar-refractivity contribution < 1.29 is 14.6 Å². The van der Waals surface area contributed by atoms with E-state index in [4.69, 9.17) is 14.7 Å². The van der Waals surface area contributed by atoms with Crippen molar-refractivity contribution in [1.29, 1.82) is 5.26 Å². The van der Waals surface area contributed by atoms with E-state index in [9.17, 15) is 5.11 Å². The Hall–Kier alpha value is -2.29. The molecule has 0 spiro atoms. The number of nitrogens with zero attached hydrogens (tertiary/aromatic N) is 1. The number of hydrogen-bond acceptors (Lipinski definition) is 4. The molecule has 0 aliphatic rings. The van der Waals surface area contributed by atoms with Gasteiger partial charge in [-0.1, -0.05) is 52.8 Å². The molecule has 0 radical (unpaired) electrons. The van der Waals surface area contributed by atoms with Crippen LogP contribution in [0, 0.1) is 11.3 Å². The summed E-state index contributed by atoms with van der Waals surface area (Å²) in [4.78, 5) is 0. The lowest BCUT2D eigenvalue weighted by Gasteiger charge is -2.18. The Morgan fingerprint density at radius 2 is 2.04 bits per heavy atom. The number of nitriles is 1. The maximum absolute atomic E-state index is 10.3. The second-order valence-corrected chi connectivity index (χ2v) is 5.65. The average molecular weight is 374 g/mol. The molecule has 0 saturated carbocycles. The van der Waals surface area contributed by atoms with E-state index in [0.717, 1.165) is 10.0 Å². The Morgan fingerprint density at radius 1 is 1.30 bits per heavy atom. The van der Waals surface area contributed by atoms with Crippen molar-refractivity contribution in [3.05, 3.63) is 70.2 Å². The molecule has 0 aromatic heterocycles. The summed E-state index contributed by atoms with van der Waals surface area (Å²) in [5.41, 5.74) is 1.45. The minimum absolute atomic E-state index is 0.0454. The number of halogens is 1. The lowest BCUT2D eigenvalue weighted by Crippen LogP contribution is -2.06. The number of aliphatic hydroxyl groups excluding tert-OH is 1. The molecule has 2 aromatic rings. The predicted octanol–water partition coefficient (Wildman–Crippen LogP) is 4.15. The summed E-state index contributed by atoms with van der Waals surface area (Å²) in [6.07, 6.45) is -1.13. The fourth-order valence-electron chi connectivity index (χ4n) is 2.08. The molecule has 2 aromatic carbocycles. The second-order valence-electron chi connectivity index (χ2n) is 4.80. The zero-order valence-corrected chi connectivity index (χ0v) is 14.2. The van der Waals surface area contributed by atoms with E-state index in [-0.39, 0.29) is 5.57 Å². The fourth-order valence-corrected chi connectivity index (χ4v) is 2.48. The van der Waals surface area contributed by atoms with Gasteiger partial charge in [0, 0.05) is 15.6 Å². The van der Waals surface area contributed by atoms with Crippen molar-refractivity contribution in [2.45, 2.75) is 12.7 Å². The van der Waals surface area contributed by atoms with Crippen molar-refractivity contribution >= 4 is 15.9 Å². The Morgan fingerprint density at radius 3 is 2.70 bits per heavy atom. The first-order valence-corrected chi connectivity index (χ1v) is 7.67. The molecule has 5 heteroatoms. The van der Waals surface area contributed by atoms with Gasteiger partial charge in [-0.05, 0) is 12.1 Å². The predicted molar refractivity (Wildman–Crippen MR) is 91.2 cm³/mol. The van der Waals surface area contributed by atoms with Crippen molar-refractivity contribution in [1.82, 2.24) is 0 Å². The Bertz CT molecular complexity index is 752. The maximum atomic E-state index is 10.3. The first kappa shape index (κ1) is 17.1. The molecular weight excluding hydrogens is 358 g/mol. The van der Waals surface area contributed by atoms with Gasteiger partial charge in [0.25, 0.3) is 0 Å². The number of para-hydroxylation sites is 1. The molecule has 0 saturated heterocycles. The van der Waals surface area contributed by atoms with Gasteiger partial charge in [0.2, 0.25) is 0 Å². The van der Waals surface area contributed by atoms with Crippen LogP contribution in [-0.2, 0) is 6.61 Å². The zero-order chi connectivity index (χ0) is 16.8. The van der Waals surface area contributed by atoms with Crippen molar-refractivity contribution in [3.8, 4) is 17.6 Å². The Balaban J connectivity index is 2.34. The Labute approximate surface area is 143 Å². The lowest BCUT2D eigenvalue weighted by molar-refractivity contribution is 0.206. The van der Waals surface area contributed by atoms with E-state index < -0.39 is 6.10 Å². The number of ether oxygens (including phenoxy) is 2. The monoisotopic (exact) mass is 373 g/mol. The molecule has 4 nitrogen and oxygen atoms in total. The molecule has 23 heavy (non-hydrogen) atoms. The van der Waals surface area contributed by atoms with Crippen LogP contribution in [0.5, 0.6) is 11.5 Å². The third-order valence-electron chi connectivity index (χ3n) is 3.33. The summed E-state index contributed by atoms with van der Waals surface area (Å²) in [5.74, 6) is 0.883. The zero-order valence-electron chi connectivity index (χ0n) is 12.6. The number of aliphatic hydroxyl groups is 1. The smallest absolute Gasteiger partial charge is 0.167 e. The molecule has 1 atom stereocenters. The second kappa shape index (κ2) is 7.82. The number of methoxy groups -OCH3 is 1. The molecule has 1 N–H and O–H groups in total. The van der Waals surface area contributed by atoms with Crippen LogP contribution < -0.4 is 9.47 Å². The quantitative estimate of drug-likeness (QED) is 0.772. The highest BCUT2D eigenvalue weighted by Crippen LogP contribution is 2.37. The largest absolute Gasteiger partial charge is 0.493 e. The highest BCUT2D eigenvalue weighted by Gasteiger charge is 2.20. The van der Waals surface area contributed by atoms with E-state index in [1.807, 2.05) is 30.3 Å². The van der Waals surface area contributed by atoms with Crippen LogP contribution in [0.4, 0.5) is 0 Å². The molecular formula is C18H16BrNO3. The van der Waals surface area contributed by atoms with Gasteiger partial charge in [-0.2, -0.15) is 5.26 Å². The molecule has 118 valence electrons. The van der Waals surface area contributed by atoms with Crippen molar-refractivity contribution in [2.24, 2.45) is 0 Å². The van der Waals surface area contributed by atoms with Gasteiger partial charge in [0.1, 0.15) is 12.7 Å². The number of rotatable bonds is 6. The normalized spacial score (nSPS) is 11.4.